The summed E-state index contributed by atoms with van der Waals surface area (Å²) in [6.07, 6.45) is 1.63. The number of halogens is 5. The maximum Gasteiger partial charge on any atom is 0.363 e. The molecule has 0 N–H and O–H groups in total. The number of hydrogen-bond donors (Lipinski definition) is 0. The molecule has 1 heterocycles. The maximum absolute atomic E-state index is 12.3. The van der Waals surface area contributed by atoms with Gasteiger partial charge in [-0.1, -0.05) is 57.3 Å². The van der Waals surface area contributed by atoms with Gasteiger partial charge in [0.25, 0.3) is 0 Å². The van der Waals surface area contributed by atoms with Gasteiger partial charge < -0.3 is 9.47 Å². The van der Waals surface area contributed by atoms with Crippen LogP contribution in [0.15, 0.2) is 78.7 Å². The minimum absolute atomic E-state index is 0.134. The first kappa shape index (κ1) is 23.5. The molecule has 0 unspecified atom stereocenters. The SMILES string of the molecule is O=C1OC(c2ccc(Cl)cc2Cl)=N/C1=C\c1cc(Br)c(OCc2ccccc2Br)c(Br)c1. The molecule has 0 aromatic heterocycles. The molecule has 1 aliphatic heterocycles. The Morgan fingerprint density at radius 3 is 2.38 bits per heavy atom. The van der Waals surface area contributed by atoms with Crippen molar-refractivity contribution in [1.82, 2.24) is 0 Å². The van der Waals surface area contributed by atoms with Crippen LogP contribution in [0.5, 0.6) is 5.75 Å². The number of carbonyl (C=O) groups excluding carboxylic acids is 1. The van der Waals surface area contributed by atoms with Crippen molar-refractivity contribution in [3.8, 4) is 5.75 Å². The zero-order valence-corrected chi connectivity index (χ0v) is 22.3. The van der Waals surface area contributed by atoms with Crippen LogP contribution in [0.2, 0.25) is 10.0 Å². The Balaban J connectivity index is 1.58. The van der Waals surface area contributed by atoms with Crippen LogP contribution in [0.1, 0.15) is 16.7 Å². The number of nitrogens with zero attached hydrogens (tertiary/aromatic N) is 1. The number of carbonyl (C=O) groups is 1. The van der Waals surface area contributed by atoms with Gasteiger partial charge in [0.2, 0.25) is 5.90 Å². The number of hydrogen-bond acceptors (Lipinski definition) is 4. The second kappa shape index (κ2) is 10.1. The molecule has 1 aliphatic rings. The molecule has 0 aliphatic carbocycles. The lowest BCUT2D eigenvalue weighted by Crippen LogP contribution is -2.05. The van der Waals surface area contributed by atoms with Crippen molar-refractivity contribution < 1.29 is 14.3 Å². The quantitative estimate of drug-likeness (QED) is 0.205. The summed E-state index contributed by atoms with van der Waals surface area (Å²) < 4.78 is 13.7. The number of cyclic esters (lactones) is 1. The summed E-state index contributed by atoms with van der Waals surface area (Å²) in [5.41, 5.74) is 2.41. The van der Waals surface area contributed by atoms with Gasteiger partial charge in [-0.3, -0.25) is 0 Å². The fraction of sp³-hybridized carbons (Fsp3) is 0.0435. The van der Waals surface area contributed by atoms with Crippen molar-refractivity contribution in [2.45, 2.75) is 6.61 Å². The van der Waals surface area contributed by atoms with Crippen molar-refractivity contribution in [3.63, 3.8) is 0 Å². The lowest BCUT2D eigenvalue weighted by Gasteiger charge is -2.12. The Hall–Kier alpha value is -1.64. The highest BCUT2D eigenvalue weighted by Gasteiger charge is 2.26. The third-order valence-corrected chi connectivity index (χ3v) is 6.94. The molecule has 4 nitrogen and oxygen atoms in total. The first-order chi connectivity index (χ1) is 15.3. The minimum atomic E-state index is -0.562. The van der Waals surface area contributed by atoms with Crippen LogP contribution in [0.25, 0.3) is 6.08 Å². The number of rotatable bonds is 5. The molecule has 0 radical (unpaired) electrons. The van der Waals surface area contributed by atoms with Crippen molar-refractivity contribution >= 4 is 88.9 Å². The smallest absolute Gasteiger partial charge is 0.363 e. The lowest BCUT2D eigenvalue weighted by atomic mass is 10.2. The van der Waals surface area contributed by atoms with E-state index in [0.717, 1.165) is 24.5 Å². The Bertz CT molecular complexity index is 1270. The number of esters is 1. The van der Waals surface area contributed by atoms with Gasteiger partial charge in [-0.2, -0.15) is 0 Å². The van der Waals surface area contributed by atoms with Gasteiger partial charge in [0.05, 0.1) is 19.5 Å². The van der Waals surface area contributed by atoms with Gasteiger partial charge in [0.15, 0.2) is 5.70 Å². The summed E-state index contributed by atoms with van der Waals surface area (Å²) in [6, 6.07) is 16.4. The van der Waals surface area contributed by atoms with Gasteiger partial charge in [-0.05, 0) is 79.9 Å². The minimum Gasteiger partial charge on any atom is -0.486 e. The average molecular weight is 661 g/mol. The topological polar surface area (TPSA) is 47.9 Å². The van der Waals surface area contributed by atoms with Gasteiger partial charge >= 0.3 is 5.97 Å². The van der Waals surface area contributed by atoms with Crippen LogP contribution in [-0.2, 0) is 16.1 Å². The Labute approximate surface area is 219 Å². The van der Waals surface area contributed by atoms with E-state index in [1.165, 1.54) is 0 Å². The van der Waals surface area contributed by atoms with E-state index >= 15 is 0 Å². The molecular formula is C23H12Br3Cl2NO3. The predicted molar refractivity (Wildman–Crippen MR) is 137 cm³/mol. The second-order valence-electron chi connectivity index (χ2n) is 6.65. The Kier molecular flexibility index (Phi) is 7.42. The van der Waals surface area contributed by atoms with Crippen molar-refractivity contribution in [3.05, 3.63) is 100 Å². The van der Waals surface area contributed by atoms with Crippen LogP contribution >= 0.6 is 71.0 Å². The number of aliphatic imine (C=N–C) groups is 1. The van der Waals surface area contributed by atoms with E-state index in [0.29, 0.717) is 28.0 Å². The first-order valence-electron chi connectivity index (χ1n) is 9.15. The van der Waals surface area contributed by atoms with E-state index in [2.05, 4.69) is 52.8 Å². The van der Waals surface area contributed by atoms with Crippen LogP contribution < -0.4 is 4.74 Å². The molecule has 0 amide bonds. The molecule has 4 rings (SSSR count). The molecule has 0 spiro atoms. The fourth-order valence-electron chi connectivity index (χ4n) is 2.91. The summed E-state index contributed by atoms with van der Waals surface area (Å²) in [4.78, 5) is 16.6. The molecule has 0 fully saturated rings. The van der Waals surface area contributed by atoms with Gasteiger partial charge in [-0.25, -0.2) is 9.79 Å². The molecular weight excluding hydrogens is 649 g/mol. The number of ether oxygens (including phenoxy) is 2. The van der Waals surface area contributed by atoms with Crippen molar-refractivity contribution in [2.75, 3.05) is 0 Å². The third-order valence-electron chi connectivity index (χ3n) is 4.44. The molecule has 0 saturated carbocycles. The molecule has 9 heteroatoms. The maximum atomic E-state index is 12.3. The van der Waals surface area contributed by atoms with Gasteiger partial charge in [-0.15, -0.1) is 0 Å². The number of benzene rings is 3. The zero-order valence-electron chi connectivity index (χ0n) is 16.0. The summed E-state index contributed by atoms with van der Waals surface area (Å²) in [6.45, 7) is 0.390. The summed E-state index contributed by atoms with van der Waals surface area (Å²) in [7, 11) is 0. The monoisotopic (exact) mass is 657 g/mol. The summed E-state index contributed by atoms with van der Waals surface area (Å²) >= 11 is 22.7. The predicted octanol–water partition coefficient (Wildman–Crippen LogP) is 8.20. The highest BCUT2D eigenvalue weighted by Crippen LogP contribution is 2.37. The van der Waals surface area contributed by atoms with Crippen LogP contribution in [-0.4, -0.2) is 11.9 Å². The Morgan fingerprint density at radius 2 is 1.69 bits per heavy atom. The van der Waals surface area contributed by atoms with E-state index in [1.807, 2.05) is 36.4 Å². The molecule has 0 bridgehead atoms. The first-order valence-corrected chi connectivity index (χ1v) is 12.3. The largest absolute Gasteiger partial charge is 0.486 e. The lowest BCUT2D eigenvalue weighted by molar-refractivity contribution is -0.129. The molecule has 162 valence electrons. The van der Waals surface area contributed by atoms with Crippen LogP contribution in [0.3, 0.4) is 0 Å². The highest BCUT2D eigenvalue weighted by molar-refractivity contribution is 9.11. The normalized spacial score (nSPS) is 14.5. The fourth-order valence-corrected chi connectivity index (χ4v) is 5.25. The van der Waals surface area contributed by atoms with E-state index in [-0.39, 0.29) is 11.6 Å². The third kappa shape index (κ3) is 5.29. The van der Waals surface area contributed by atoms with E-state index in [1.54, 1.807) is 24.3 Å². The summed E-state index contributed by atoms with van der Waals surface area (Å²) in [5, 5.41) is 0.832. The van der Waals surface area contributed by atoms with E-state index in [9.17, 15) is 4.79 Å². The van der Waals surface area contributed by atoms with Crippen LogP contribution in [0, 0.1) is 0 Å². The van der Waals surface area contributed by atoms with E-state index < -0.39 is 5.97 Å². The zero-order chi connectivity index (χ0) is 22.8. The molecule has 3 aromatic carbocycles. The van der Waals surface area contributed by atoms with E-state index in [4.69, 9.17) is 32.7 Å². The second-order valence-corrected chi connectivity index (χ2v) is 10.1. The Morgan fingerprint density at radius 1 is 0.969 bits per heavy atom. The molecule has 32 heavy (non-hydrogen) atoms. The molecule has 3 aromatic rings. The van der Waals surface area contributed by atoms with Gasteiger partial charge in [0.1, 0.15) is 12.4 Å². The van der Waals surface area contributed by atoms with Gasteiger partial charge in [0, 0.05) is 15.1 Å². The van der Waals surface area contributed by atoms with Crippen LogP contribution in [0.4, 0.5) is 0 Å². The van der Waals surface area contributed by atoms with Crippen molar-refractivity contribution in [1.29, 1.82) is 0 Å². The molecule has 0 atom stereocenters. The summed E-state index contributed by atoms with van der Waals surface area (Å²) in [5.74, 6) is 0.219. The van der Waals surface area contributed by atoms with Crippen molar-refractivity contribution in [2.24, 2.45) is 4.99 Å². The molecule has 0 saturated heterocycles. The standard InChI is InChI=1S/C23H12Br3Cl2NO3/c24-16-4-2-1-3-13(16)11-31-21-17(25)7-12(8-18(21)26)9-20-23(30)32-22(29-20)15-6-5-14(27)10-19(15)28/h1-10H,11H2/b20-9-. The highest BCUT2D eigenvalue weighted by atomic mass is 79.9. The average Bonchev–Trinajstić information content (AvgIpc) is 3.08.